The van der Waals surface area contributed by atoms with Crippen molar-refractivity contribution in [3.63, 3.8) is 0 Å². The zero-order valence-electron chi connectivity index (χ0n) is 13.7. The number of amides is 1. The van der Waals surface area contributed by atoms with Gasteiger partial charge < -0.3 is 4.74 Å². The van der Waals surface area contributed by atoms with Crippen LogP contribution in [0.15, 0.2) is 30.3 Å². The van der Waals surface area contributed by atoms with E-state index in [-0.39, 0.29) is 18.0 Å². The standard InChI is InChI=1S/C17H17N5O2S/c1-10-13(25-16(18-10)11-6-3-2-4-7-11)15(23)20-17-19-14(21-22-17)12-8-5-9-24-12/h2-4,6-7,12H,5,8-9H2,1H3,(H2,19,20,21,22,23)/t12-/m1/s1. The molecular formula is C17H17N5O2S. The van der Waals surface area contributed by atoms with Gasteiger partial charge in [0.25, 0.3) is 5.91 Å². The summed E-state index contributed by atoms with van der Waals surface area (Å²) in [7, 11) is 0. The molecule has 1 aliphatic heterocycles. The molecule has 0 aliphatic carbocycles. The van der Waals surface area contributed by atoms with Gasteiger partial charge in [-0.25, -0.2) is 4.98 Å². The van der Waals surface area contributed by atoms with Crippen molar-refractivity contribution in [2.75, 3.05) is 11.9 Å². The smallest absolute Gasteiger partial charge is 0.270 e. The first-order chi connectivity index (χ1) is 12.2. The summed E-state index contributed by atoms with van der Waals surface area (Å²) in [4.78, 5) is 21.9. The highest BCUT2D eigenvalue weighted by molar-refractivity contribution is 7.17. The van der Waals surface area contributed by atoms with Crippen LogP contribution < -0.4 is 5.32 Å². The first-order valence-corrected chi connectivity index (χ1v) is 8.90. The molecule has 3 aromatic rings. The molecule has 1 atom stereocenters. The van der Waals surface area contributed by atoms with E-state index in [0.717, 1.165) is 30.0 Å². The number of hydrogen-bond acceptors (Lipinski definition) is 6. The number of carbonyl (C=O) groups is 1. The quantitative estimate of drug-likeness (QED) is 0.749. The average Bonchev–Trinajstić information content (AvgIpc) is 3.35. The van der Waals surface area contributed by atoms with Crippen LogP contribution in [-0.2, 0) is 4.74 Å². The molecule has 1 aromatic carbocycles. The molecule has 7 nitrogen and oxygen atoms in total. The number of hydrogen-bond donors (Lipinski definition) is 2. The van der Waals surface area contributed by atoms with E-state index in [1.165, 1.54) is 11.3 Å². The van der Waals surface area contributed by atoms with Crippen LogP contribution in [0.5, 0.6) is 0 Å². The van der Waals surface area contributed by atoms with Crippen molar-refractivity contribution < 1.29 is 9.53 Å². The molecule has 128 valence electrons. The van der Waals surface area contributed by atoms with Crippen LogP contribution in [0, 0.1) is 6.92 Å². The number of aromatic amines is 1. The van der Waals surface area contributed by atoms with Gasteiger partial charge in [0.1, 0.15) is 16.0 Å². The Hall–Kier alpha value is -2.58. The summed E-state index contributed by atoms with van der Waals surface area (Å²) < 4.78 is 5.56. The zero-order chi connectivity index (χ0) is 17.2. The van der Waals surface area contributed by atoms with E-state index in [0.29, 0.717) is 16.4 Å². The first-order valence-electron chi connectivity index (χ1n) is 8.09. The summed E-state index contributed by atoms with van der Waals surface area (Å²) >= 11 is 1.36. The van der Waals surface area contributed by atoms with E-state index in [9.17, 15) is 4.79 Å². The molecule has 1 aliphatic rings. The molecule has 3 heterocycles. The number of carbonyl (C=O) groups excluding carboxylic acids is 1. The van der Waals surface area contributed by atoms with Gasteiger partial charge in [-0.1, -0.05) is 30.3 Å². The number of rotatable bonds is 4. The van der Waals surface area contributed by atoms with Crippen LogP contribution in [0.4, 0.5) is 5.95 Å². The largest absolute Gasteiger partial charge is 0.370 e. The summed E-state index contributed by atoms with van der Waals surface area (Å²) in [6, 6.07) is 9.80. The molecular weight excluding hydrogens is 338 g/mol. The average molecular weight is 355 g/mol. The maximum Gasteiger partial charge on any atom is 0.270 e. The van der Waals surface area contributed by atoms with Crippen LogP contribution in [0.25, 0.3) is 10.6 Å². The molecule has 0 radical (unpaired) electrons. The molecule has 2 N–H and O–H groups in total. The maximum absolute atomic E-state index is 12.5. The van der Waals surface area contributed by atoms with Crippen molar-refractivity contribution in [3.05, 3.63) is 46.7 Å². The van der Waals surface area contributed by atoms with Crippen LogP contribution in [-0.4, -0.2) is 32.7 Å². The Morgan fingerprint density at radius 3 is 2.92 bits per heavy atom. The second-order valence-electron chi connectivity index (χ2n) is 5.80. The van der Waals surface area contributed by atoms with E-state index < -0.39 is 0 Å². The minimum atomic E-state index is -0.255. The lowest BCUT2D eigenvalue weighted by Crippen LogP contribution is -2.12. The molecule has 25 heavy (non-hydrogen) atoms. The van der Waals surface area contributed by atoms with Gasteiger partial charge in [0.2, 0.25) is 5.95 Å². The molecule has 2 aromatic heterocycles. The van der Waals surface area contributed by atoms with Gasteiger partial charge in [0.15, 0.2) is 5.82 Å². The third kappa shape index (κ3) is 3.31. The normalized spacial score (nSPS) is 16.9. The number of nitrogens with zero attached hydrogens (tertiary/aromatic N) is 3. The molecule has 0 saturated carbocycles. The number of anilines is 1. The van der Waals surface area contributed by atoms with Gasteiger partial charge >= 0.3 is 0 Å². The number of thiazole rings is 1. The summed E-state index contributed by atoms with van der Waals surface area (Å²) in [5, 5.41) is 10.4. The number of aryl methyl sites for hydroxylation is 1. The number of benzene rings is 1. The lowest BCUT2D eigenvalue weighted by atomic mass is 10.2. The van der Waals surface area contributed by atoms with Crippen LogP contribution in [0.2, 0.25) is 0 Å². The number of nitrogens with one attached hydrogen (secondary N) is 2. The van der Waals surface area contributed by atoms with Crippen molar-refractivity contribution >= 4 is 23.2 Å². The zero-order valence-corrected chi connectivity index (χ0v) is 14.5. The molecule has 0 bridgehead atoms. The topological polar surface area (TPSA) is 92.8 Å². The maximum atomic E-state index is 12.5. The fourth-order valence-electron chi connectivity index (χ4n) is 2.74. The van der Waals surface area contributed by atoms with E-state index in [1.807, 2.05) is 37.3 Å². The Bertz CT molecular complexity index is 884. The summed E-state index contributed by atoms with van der Waals surface area (Å²) in [5.41, 5.74) is 1.68. The minimum absolute atomic E-state index is 0.0621. The monoisotopic (exact) mass is 355 g/mol. The van der Waals surface area contributed by atoms with Gasteiger partial charge in [-0.05, 0) is 19.8 Å². The van der Waals surface area contributed by atoms with Gasteiger partial charge in [0.05, 0.1) is 5.69 Å². The molecule has 1 saturated heterocycles. The van der Waals surface area contributed by atoms with Crippen LogP contribution in [0.3, 0.4) is 0 Å². The predicted molar refractivity (Wildman–Crippen MR) is 94.5 cm³/mol. The van der Waals surface area contributed by atoms with Gasteiger partial charge in [-0.2, -0.15) is 4.98 Å². The summed E-state index contributed by atoms with van der Waals surface area (Å²) in [5.74, 6) is 0.651. The Morgan fingerprint density at radius 1 is 1.32 bits per heavy atom. The minimum Gasteiger partial charge on any atom is -0.370 e. The predicted octanol–water partition coefficient (Wildman–Crippen LogP) is 3.34. The lowest BCUT2D eigenvalue weighted by molar-refractivity contribution is 0.102. The van der Waals surface area contributed by atoms with Crippen LogP contribution >= 0.6 is 11.3 Å². The third-order valence-electron chi connectivity index (χ3n) is 3.99. The number of ether oxygens (including phenoxy) is 1. The van der Waals surface area contributed by atoms with E-state index in [2.05, 4.69) is 25.5 Å². The SMILES string of the molecule is Cc1nc(-c2ccccc2)sc1C(=O)Nc1n[nH]c([C@H]2CCCO2)n1. The summed E-state index contributed by atoms with van der Waals surface area (Å²) in [6.45, 7) is 2.56. The molecule has 1 amide bonds. The number of H-pyrrole nitrogens is 1. The van der Waals surface area contributed by atoms with Crippen molar-refractivity contribution in [2.24, 2.45) is 0 Å². The molecule has 4 rings (SSSR count). The van der Waals surface area contributed by atoms with Crippen molar-refractivity contribution in [3.8, 4) is 10.6 Å². The fourth-order valence-corrected chi connectivity index (χ4v) is 3.70. The van der Waals surface area contributed by atoms with Crippen molar-refractivity contribution in [1.82, 2.24) is 20.2 Å². The lowest BCUT2D eigenvalue weighted by Gasteiger charge is -2.03. The van der Waals surface area contributed by atoms with E-state index in [1.54, 1.807) is 0 Å². The second kappa shape index (κ2) is 6.73. The molecule has 0 spiro atoms. The van der Waals surface area contributed by atoms with Crippen molar-refractivity contribution in [2.45, 2.75) is 25.9 Å². The number of aromatic nitrogens is 4. The van der Waals surface area contributed by atoms with E-state index in [4.69, 9.17) is 4.74 Å². The van der Waals surface area contributed by atoms with E-state index >= 15 is 0 Å². The Morgan fingerprint density at radius 2 is 2.16 bits per heavy atom. The second-order valence-corrected chi connectivity index (χ2v) is 6.80. The van der Waals surface area contributed by atoms with Gasteiger partial charge in [0, 0.05) is 12.2 Å². The van der Waals surface area contributed by atoms with Crippen molar-refractivity contribution in [1.29, 1.82) is 0 Å². The summed E-state index contributed by atoms with van der Waals surface area (Å²) in [6.07, 6.45) is 1.86. The Labute approximate surface area is 148 Å². The van der Waals surface area contributed by atoms with Gasteiger partial charge in [-0.15, -0.1) is 16.4 Å². The highest BCUT2D eigenvalue weighted by atomic mass is 32.1. The highest BCUT2D eigenvalue weighted by Gasteiger charge is 2.23. The first kappa shape index (κ1) is 15.9. The van der Waals surface area contributed by atoms with Crippen LogP contribution in [0.1, 0.15) is 40.1 Å². The fraction of sp³-hybridized carbons (Fsp3) is 0.294. The molecule has 8 heteroatoms. The van der Waals surface area contributed by atoms with Gasteiger partial charge in [-0.3, -0.25) is 15.2 Å². The Balaban J connectivity index is 1.51. The Kier molecular flexibility index (Phi) is 4.29. The third-order valence-corrected chi connectivity index (χ3v) is 5.19. The molecule has 0 unspecified atom stereocenters. The highest BCUT2D eigenvalue weighted by Crippen LogP contribution is 2.29. The molecule has 1 fully saturated rings.